The summed E-state index contributed by atoms with van der Waals surface area (Å²) in [4.78, 5) is 8.28. The van der Waals surface area contributed by atoms with Gasteiger partial charge in [-0.2, -0.15) is 5.10 Å². The highest BCUT2D eigenvalue weighted by Crippen LogP contribution is 2.23. The summed E-state index contributed by atoms with van der Waals surface area (Å²) in [5.74, 6) is 1.41. The number of imidazole rings is 1. The van der Waals surface area contributed by atoms with E-state index >= 15 is 0 Å². The van der Waals surface area contributed by atoms with Gasteiger partial charge in [-0.25, -0.2) is 4.98 Å². The van der Waals surface area contributed by atoms with Gasteiger partial charge in [0.15, 0.2) is 0 Å². The maximum absolute atomic E-state index is 4.79. The third-order valence-corrected chi connectivity index (χ3v) is 4.49. The Bertz CT molecular complexity index is 871. The number of rotatable bonds is 7. The van der Waals surface area contributed by atoms with Crippen LogP contribution in [0, 0.1) is 19.8 Å². The highest BCUT2D eigenvalue weighted by atomic mass is 15.3. The molecule has 2 aromatic heterocycles. The summed E-state index contributed by atoms with van der Waals surface area (Å²) >= 11 is 0. The molecule has 0 saturated heterocycles. The second-order valence-corrected chi connectivity index (χ2v) is 7.00. The minimum Gasteiger partial charge on any atom is -0.341 e. The molecule has 132 valence electrons. The number of fused-ring (bicyclic) bond motifs is 1. The summed E-state index contributed by atoms with van der Waals surface area (Å²) in [6, 6.07) is 6.48. The van der Waals surface area contributed by atoms with Crippen LogP contribution in [0.2, 0.25) is 0 Å². The molecule has 0 aliphatic carbocycles. The molecule has 5 heteroatoms. The van der Waals surface area contributed by atoms with E-state index in [1.54, 1.807) is 0 Å². The summed E-state index contributed by atoms with van der Waals surface area (Å²) in [5.41, 5.74) is 5.61. The number of H-pyrrole nitrogens is 1. The van der Waals surface area contributed by atoms with Crippen LogP contribution in [0.5, 0.6) is 0 Å². The Morgan fingerprint density at radius 2 is 2.12 bits per heavy atom. The van der Waals surface area contributed by atoms with E-state index in [9.17, 15) is 0 Å². The summed E-state index contributed by atoms with van der Waals surface area (Å²) in [7, 11) is 0. The summed E-state index contributed by atoms with van der Waals surface area (Å²) in [5, 5.41) is 8.17. The Labute approximate surface area is 149 Å². The highest BCUT2D eigenvalue weighted by Gasteiger charge is 2.20. The minimum atomic E-state index is 0.162. The van der Waals surface area contributed by atoms with Crippen LogP contribution >= 0.6 is 0 Å². The molecule has 2 heterocycles. The van der Waals surface area contributed by atoms with E-state index < -0.39 is 0 Å². The van der Waals surface area contributed by atoms with Crippen LogP contribution in [0.1, 0.15) is 42.5 Å². The van der Waals surface area contributed by atoms with Gasteiger partial charge in [-0.3, -0.25) is 4.68 Å². The number of benzene rings is 1. The lowest BCUT2D eigenvalue weighted by atomic mass is 10.0. The lowest BCUT2D eigenvalue weighted by Crippen LogP contribution is -2.26. The highest BCUT2D eigenvalue weighted by molar-refractivity contribution is 5.75. The molecule has 3 rings (SSSR count). The summed E-state index contributed by atoms with van der Waals surface area (Å²) < 4.78 is 1.92. The molecular formula is C20H27N5. The fourth-order valence-corrected chi connectivity index (χ4v) is 3.12. The van der Waals surface area contributed by atoms with Crippen LogP contribution in [0.25, 0.3) is 11.0 Å². The van der Waals surface area contributed by atoms with E-state index in [1.165, 1.54) is 11.1 Å². The van der Waals surface area contributed by atoms with E-state index in [0.717, 1.165) is 35.6 Å². The third-order valence-electron chi connectivity index (χ3n) is 4.49. The summed E-state index contributed by atoms with van der Waals surface area (Å²) in [6.45, 7) is 13.8. The number of aromatic nitrogens is 4. The first kappa shape index (κ1) is 17.4. The predicted molar refractivity (Wildman–Crippen MR) is 102 cm³/mol. The van der Waals surface area contributed by atoms with Gasteiger partial charge in [0.25, 0.3) is 0 Å². The van der Waals surface area contributed by atoms with Gasteiger partial charge in [0, 0.05) is 18.3 Å². The SMILES string of the molecule is C=CCn1cc(CNC(c2nc3ccc(C)cc3[nH]2)C(C)C)c(C)n1. The van der Waals surface area contributed by atoms with Gasteiger partial charge >= 0.3 is 0 Å². The molecule has 1 unspecified atom stereocenters. The Hall–Kier alpha value is -2.40. The summed E-state index contributed by atoms with van der Waals surface area (Å²) in [6.07, 6.45) is 3.94. The number of allylic oxidation sites excluding steroid dienone is 1. The van der Waals surface area contributed by atoms with Gasteiger partial charge in [-0.05, 0) is 37.5 Å². The van der Waals surface area contributed by atoms with Gasteiger partial charge in [0.05, 0.1) is 29.3 Å². The van der Waals surface area contributed by atoms with Gasteiger partial charge in [0.2, 0.25) is 0 Å². The van der Waals surface area contributed by atoms with Crippen molar-refractivity contribution in [2.24, 2.45) is 5.92 Å². The van der Waals surface area contributed by atoms with E-state index in [4.69, 9.17) is 4.98 Å². The monoisotopic (exact) mass is 337 g/mol. The standard InChI is InChI=1S/C20H27N5/c1-6-9-25-12-16(15(5)24-25)11-21-19(13(2)3)20-22-17-8-7-14(4)10-18(17)23-20/h6-8,10,12-13,19,21H,1,9,11H2,2-5H3,(H,22,23). The largest absolute Gasteiger partial charge is 0.341 e. The molecule has 0 aliphatic rings. The van der Waals surface area contributed by atoms with E-state index in [1.807, 2.05) is 17.7 Å². The van der Waals surface area contributed by atoms with Crippen LogP contribution in [-0.4, -0.2) is 19.7 Å². The zero-order valence-electron chi connectivity index (χ0n) is 15.5. The smallest absolute Gasteiger partial charge is 0.124 e. The van der Waals surface area contributed by atoms with Crippen molar-refractivity contribution in [3.05, 3.63) is 59.7 Å². The number of aromatic amines is 1. The zero-order valence-corrected chi connectivity index (χ0v) is 15.5. The Morgan fingerprint density at radius 3 is 2.84 bits per heavy atom. The molecule has 3 aromatic rings. The van der Waals surface area contributed by atoms with Crippen molar-refractivity contribution in [1.29, 1.82) is 0 Å². The Morgan fingerprint density at radius 1 is 1.32 bits per heavy atom. The third kappa shape index (κ3) is 3.82. The predicted octanol–water partition coefficient (Wildman–Crippen LogP) is 4.05. The lowest BCUT2D eigenvalue weighted by molar-refractivity contribution is 0.395. The molecule has 2 N–H and O–H groups in total. The molecule has 0 amide bonds. The molecule has 0 fully saturated rings. The first-order valence-corrected chi connectivity index (χ1v) is 8.81. The molecule has 1 atom stereocenters. The molecule has 1 aromatic carbocycles. The lowest BCUT2D eigenvalue weighted by Gasteiger charge is -2.20. The number of nitrogens with one attached hydrogen (secondary N) is 2. The van der Waals surface area contributed by atoms with Gasteiger partial charge in [-0.1, -0.05) is 26.0 Å². The normalized spacial score (nSPS) is 12.8. The number of aryl methyl sites for hydroxylation is 2. The maximum Gasteiger partial charge on any atom is 0.124 e. The Kier molecular flexibility index (Phi) is 5.04. The van der Waals surface area contributed by atoms with Gasteiger partial charge in [-0.15, -0.1) is 6.58 Å². The van der Waals surface area contributed by atoms with Crippen molar-refractivity contribution in [1.82, 2.24) is 25.1 Å². The molecule has 0 radical (unpaired) electrons. The van der Waals surface area contributed by atoms with Crippen molar-refractivity contribution >= 4 is 11.0 Å². The molecule has 25 heavy (non-hydrogen) atoms. The average Bonchev–Trinajstić information content (AvgIpc) is 3.11. The molecular weight excluding hydrogens is 310 g/mol. The fraction of sp³-hybridized carbons (Fsp3) is 0.400. The second-order valence-electron chi connectivity index (χ2n) is 7.00. The molecule has 0 bridgehead atoms. The fourth-order valence-electron chi connectivity index (χ4n) is 3.12. The quantitative estimate of drug-likeness (QED) is 0.640. The van der Waals surface area contributed by atoms with E-state index in [2.05, 4.69) is 67.1 Å². The Balaban J connectivity index is 1.80. The first-order valence-electron chi connectivity index (χ1n) is 8.81. The van der Waals surface area contributed by atoms with Crippen molar-refractivity contribution in [3.63, 3.8) is 0 Å². The maximum atomic E-state index is 4.79. The molecule has 0 aliphatic heterocycles. The number of nitrogens with zero attached hydrogens (tertiary/aromatic N) is 3. The van der Waals surface area contributed by atoms with Crippen LogP contribution in [0.15, 0.2) is 37.1 Å². The van der Waals surface area contributed by atoms with Crippen LogP contribution in [0.4, 0.5) is 0 Å². The van der Waals surface area contributed by atoms with Crippen molar-refractivity contribution in [3.8, 4) is 0 Å². The number of hydrogen-bond acceptors (Lipinski definition) is 3. The van der Waals surface area contributed by atoms with Crippen molar-refractivity contribution in [2.75, 3.05) is 0 Å². The van der Waals surface area contributed by atoms with Crippen molar-refractivity contribution < 1.29 is 0 Å². The average molecular weight is 337 g/mol. The minimum absolute atomic E-state index is 0.162. The van der Waals surface area contributed by atoms with E-state index in [0.29, 0.717) is 5.92 Å². The topological polar surface area (TPSA) is 58.5 Å². The zero-order chi connectivity index (χ0) is 18.0. The van der Waals surface area contributed by atoms with Gasteiger partial charge < -0.3 is 10.3 Å². The molecule has 5 nitrogen and oxygen atoms in total. The van der Waals surface area contributed by atoms with Crippen LogP contribution < -0.4 is 5.32 Å². The molecule has 0 spiro atoms. The number of hydrogen-bond donors (Lipinski definition) is 2. The van der Waals surface area contributed by atoms with Crippen molar-refractivity contribution in [2.45, 2.75) is 46.8 Å². The van der Waals surface area contributed by atoms with Crippen LogP contribution in [-0.2, 0) is 13.1 Å². The second kappa shape index (κ2) is 7.23. The van der Waals surface area contributed by atoms with E-state index in [-0.39, 0.29) is 6.04 Å². The van der Waals surface area contributed by atoms with Gasteiger partial charge in [0.1, 0.15) is 5.82 Å². The van der Waals surface area contributed by atoms with Crippen LogP contribution in [0.3, 0.4) is 0 Å². The first-order chi connectivity index (χ1) is 12.0. The molecule has 0 saturated carbocycles.